The molecule has 0 spiro atoms. The van der Waals surface area contributed by atoms with Gasteiger partial charge in [-0.1, -0.05) is 42.4 Å². The van der Waals surface area contributed by atoms with Crippen LogP contribution >= 0.6 is 11.3 Å². The van der Waals surface area contributed by atoms with Crippen molar-refractivity contribution in [2.45, 2.75) is 28.8 Å². The lowest BCUT2D eigenvalue weighted by atomic mass is 10.1. The number of carbonyl (C=O) groups excluding carboxylic acids is 1. The van der Waals surface area contributed by atoms with Crippen molar-refractivity contribution < 1.29 is 36.1 Å². The fraction of sp³-hybridized carbons (Fsp3) is 0.263. The molecule has 4 rings (SSSR count). The molecule has 170 valence electrons. The minimum Gasteiger partial charge on any atom is -0.351 e. The highest BCUT2D eigenvalue weighted by Gasteiger charge is 2.69. The van der Waals surface area contributed by atoms with E-state index < -0.39 is 45.2 Å². The van der Waals surface area contributed by atoms with E-state index in [1.54, 1.807) is 37.3 Å². The molecule has 1 aromatic carbocycles. The first-order chi connectivity index (χ1) is 15.0. The lowest BCUT2D eigenvalue weighted by Crippen LogP contribution is -2.50. The minimum absolute atomic E-state index is 0.133. The second-order valence-electron chi connectivity index (χ2n) is 7.29. The number of alkyl halides is 3. The average molecular weight is 487 g/mol. The number of sulfonamides is 1. The maximum atomic E-state index is 13.1. The maximum Gasteiger partial charge on any atom is 0.452 e. The van der Waals surface area contributed by atoms with Crippen LogP contribution in [-0.4, -0.2) is 30.2 Å². The van der Waals surface area contributed by atoms with Gasteiger partial charge in [0.25, 0.3) is 15.9 Å². The number of aromatic nitrogens is 1. The van der Waals surface area contributed by atoms with Crippen molar-refractivity contribution >= 4 is 27.3 Å². The van der Waals surface area contributed by atoms with Gasteiger partial charge in [-0.05, 0) is 23.6 Å². The Hall–Kier alpha value is -2.74. The fourth-order valence-electron chi connectivity index (χ4n) is 3.82. The summed E-state index contributed by atoms with van der Waals surface area (Å²) in [6.45, 7) is 1.67. The molecule has 1 amide bonds. The summed E-state index contributed by atoms with van der Waals surface area (Å²) in [5.41, 5.74) is 0.436. The number of amides is 1. The molecule has 3 aromatic rings. The molecule has 1 aliphatic rings. The summed E-state index contributed by atoms with van der Waals surface area (Å²) in [7, 11) is -4.28. The quantitative estimate of drug-likeness (QED) is 0.362. The van der Waals surface area contributed by atoms with E-state index in [1.807, 2.05) is 0 Å². The Morgan fingerprint density at radius 3 is 2.50 bits per heavy atom. The highest BCUT2D eigenvalue weighted by molar-refractivity contribution is 7.91. The monoisotopic (exact) mass is 487 g/mol. The van der Waals surface area contributed by atoms with Crippen LogP contribution in [0, 0.1) is 5.92 Å². The van der Waals surface area contributed by atoms with E-state index in [0.29, 0.717) is 23.0 Å². The van der Waals surface area contributed by atoms with Crippen molar-refractivity contribution in [3.05, 3.63) is 59.9 Å². The molecule has 1 fully saturated rings. The molecular formula is C19H16F3N3O5S2. The average Bonchev–Trinajstić information content (AvgIpc) is 3.20. The molecule has 3 N–H and O–H groups in total. The van der Waals surface area contributed by atoms with E-state index in [0.717, 1.165) is 0 Å². The molecule has 8 nitrogen and oxygen atoms in total. The number of nitrogens with one attached hydrogen (secondary N) is 2. The standard InChI is InChI=1S/C19H16F3N3O5S2/c1-10-16(11-5-3-2-4-6-11)18(10,17(26)23-27)25-32(28,29)15-8-7-13(31-15)12-9-14(30-24-12)19(20,21)22/h2-10,16,25,27H,1H3,(H,23,26)/t10?,16-,18+/m1/s1. The minimum atomic E-state index is -4.72. The van der Waals surface area contributed by atoms with E-state index in [1.165, 1.54) is 17.6 Å². The highest BCUT2D eigenvalue weighted by Crippen LogP contribution is 2.58. The van der Waals surface area contributed by atoms with Gasteiger partial charge in [-0.25, -0.2) is 13.9 Å². The molecule has 1 unspecified atom stereocenters. The largest absolute Gasteiger partial charge is 0.452 e. The lowest BCUT2D eigenvalue weighted by molar-refractivity contribution is -0.155. The second kappa shape index (κ2) is 7.69. The molecule has 32 heavy (non-hydrogen) atoms. The first kappa shape index (κ1) is 22.5. The fourth-order valence-corrected chi connectivity index (χ4v) is 6.54. The van der Waals surface area contributed by atoms with Gasteiger partial charge >= 0.3 is 6.18 Å². The van der Waals surface area contributed by atoms with Crippen LogP contribution in [0.25, 0.3) is 10.6 Å². The lowest BCUT2D eigenvalue weighted by Gasteiger charge is -2.17. The molecule has 0 bridgehead atoms. The third-order valence-corrected chi connectivity index (χ3v) is 8.51. The third-order valence-electron chi connectivity index (χ3n) is 5.43. The first-order valence-corrected chi connectivity index (χ1v) is 11.5. The molecule has 13 heteroatoms. The summed E-state index contributed by atoms with van der Waals surface area (Å²) in [5, 5.41) is 12.6. The third kappa shape index (κ3) is 3.70. The predicted molar refractivity (Wildman–Crippen MR) is 106 cm³/mol. The van der Waals surface area contributed by atoms with Gasteiger partial charge in [0.1, 0.15) is 15.4 Å². The molecule has 3 atom stereocenters. The van der Waals surface area contributed by atoms with Crippen LogP contribution in [0.5, 0.6) is 0 Å². The van der Waals surface area contributed by atoms with Crippen molar-refractivity contribution in [1.29, 1.82) is 0 Å². The Morgan fingerprint density at radius 2 is 1.91 bits per heavy atom. The molecule has 0 aliphatic heterocycles. The number of hydroxylamine groups is 1. The van der Waals surface area contributed by atoms with Crippen LogP contribution in [0.3, 0.4) is 0 Å². The number of carbonyl (C=O) groups is 1. The predicted octanol–water partition coefficient (Wildman–Crippen LogP) is 3.38. The highest BCUT2D eigenvalue weighted by atomic mass is 32.2. The molecule has 2 heterocycles. The van der Waals surface area contributed by atoms with Gasteiger partial charge in [0.15, 0.2) is 0 Å². The van der Waals surface area contributed by atoms with E-state index in [-0.39, 0.29) is 14.8 Å². The maximum absolute atomic E-state index is 13.1. The number of hydrogen-bond acceptors (Lipinski definition) is 7. The van der Waals surface area contributed by atoms with Gasteiger partial charge in [-0.15, -0.1) is 11.3 Å². The molecule has 0 radical (unpaired) electrons. The first-order valence-electron chi connectivity index (χ1n) is 9.18. The molecule has 1 saturated carbocycles. The van der Waals surface area contributed by atoms with Gasteiger partial charge in [0.2, 0.25) is 5.76 Å². The molecular weight excluding hydrogens is 471 g/mol. The van der Waals surface area contributed by atoms with Gasteiger partial charge in [-0.2, -0.15) is 17.9 Å². The molecule has 0 saturated heterocycles. The number of thiophene rings is 1. The van der Waals surface area contributed by atoms with Crippen LogP contribution in [0.1, 0.15) is 24.2 Å². The van der Waals surface area contributed by atoms with Crippen LogP contribution in [0.15, 0.2) is 57.3 Å². The Labute approximate surface area is 184 Å². The van der Waals surface area contributed by atoms with Crippen molar-refractivity contribution in [3.63, 3.8) is 0 Å². The van der Waals surface area contributed by atoms with E-state index in [4.69, 9.17) is 0 Å². The Bertz CT molecular complexity index is 1260. The second-order valence-corrected chi connectivity index (χ2v) is 10.3. The van der Waals surface area contributed by atoms with Gasteiger partial charge < -0.3 is 4.52 Å². The van der Waals surface area contributed by atoms with Crippen molar-refractivity contribution in [1.82, 2.24) is 15.4 Å². The topological polar surface area (TPSA) is 122 Å². The molecule has 2 aromatic heterocycles. The zero-order valence-corrected chi connectivity index (χ0v) is 17.9. The zero-order chi connectivity index (χ0) is 23.3. The zero-order valence-electron chi connectivity index (χ0n) is 16.3. The van der Waals surface area contributed by atoms with Crippen LogP contribution in [-0.2, 0) is 21.0 Å². The van der Waals surface area contributed by atoms with E-state index >= 15 is 0 Å². The summed E-state index contributed by atoms with van der Waals surface area (Å²) in [4.78, 5) is 12.6. The van der Waals surface area contributed by atoms with Gasteiger partial charge in [0.05, 0.1) is 4.88 Å². The Kier molecular flexibility index (Phi) is 5.40. The number of hydrogen-bond donors (Lipinski definition) is 3. The van der Waals surface area contributed by atoms with Crippen molar-refractivity contribution in [3.8, 4) is 10.6 Å². The normalized spacial score (nSPS) is 23.2. The van der Waals surface area contributed by atoms with Crippen LogP contribution in [0.2, 0.25) is 0 Å². The molecule has 1 aliphatic carbocycles. The van der Waals surface area contributed by atoms with E-state index in [9.17, 15) is 31.6 Å². The van der Waals surface area contributed by atoms with E-state index in [2.05, 4.69) is 14.4 Å². The smallest absolute Gasteiger partial charge is 0.351 e. The summed E-state index contributed by atoms with van der Waals surface area (Å²) in [6, 6.07) is 11.9. The van der Waals surface area contributed by atoms with Gasteiger partial charge in [0, 0.05) is 12.0 Å². The van der Waals surface area contributed by atoms with Gasteiger partial charge in [-0.3, -0.25) is 10.0 Å². The number of rotatable bonds is 6. The summed E-state index contributed by atoms with van der Waals surface area (Å²) >= 11 is 0.668. The summed E-state index contributed by atoms with van der Waals surface area (Å²) in [6.07, 6.45) is -4.72. The Balaban J connectivity index is 1.64. The number of benzene rings is 1. The van der Waals surface area contributed by atoms with Crippen LogP contribution < -0.4 is 10.2 Å². The van der Waals surface area contributed by atoms with Crippen molar-refractivity contribution in [2.24, 2.45) is 5.92 Å². The van der Waals surface area contributed by atoms with Crippen molar-refractivity contribution in [2.75, 3.05) is 0 Å². The SMILES string of the molecule is CC1[C@H](c2ccccc2)[C@]1(NS(=O)(=O)c1ccc(-c2cc(C(F)(F)F)on2)s1)C(=O)NO. The summed E-state index contributed by atoms with van der Waals surface area (Å²) < 4.78 is 70.7. The Morgan fingerprint density at radius 1 is 1.22 bits per heavy atom. The van der Waals surface area contributed by atoms with Crippen LogP contribution in [0.4, 0.5) is 13.2 Å². The number of halogens is 3. The number of nitrogens with zero attached hydrogens (tertiary/aromatic N) is 1. The summed E-state index contributed by atoms with van der Waals surface area (Å²) in [5.74, 6) is -3.23.